The molecule has 0 amide bonds. The van der Waals surface area contributed by atoms with Crippen molar-refractivity contribution in [2.24, 2.45) is 0 Å². The van der Waals surface area contributed by atoms with Crippen LogP contribution in [0, 0.1) is 6.92 Å². The van der Waals surface area contributed by atoms with E-state index in [-0.39, 0.29) is 6.42 Å². The maximum absolute atomic E-state index is 10.7. The monoisotopic (exact) mass is 290 g/mol. The van der Waals surface area contributed by atoms with Gasteiger partial charge in [-0.1, -0.05) is 35.9 Å². The zero-order chi connectivity index (χ0) is 14.5. The van der Waals surface area contributed by atoms with E-state index in [9.17, 15) is 4.79 Å². The summed E-state index contributed by atoms with van der Waals surface area (Å²) >= 11 is 6.14. The van der Waals surface area contributed by atoms with Gasteiger partial charge in [-0.05, 0) is 36.2 Å². The van der Waals surface area contributed by atoms with Gasteiger partial charge in [-0.25, -0.2) is 0 Å². The fourth-order valence-electron chi connectivity index (χ4n) is 1.85. The first-order chi connectivity index (χ1) is 9.54. The zero-order valence-corrected chi connectivity index (χ0v) is 11.9. The molecular weight excluding hydrogens is 276 g/mol. The van der Waals surface area contributed by atoms with Crippen LogP contribution < -0.4 is 4.74 Å². The third-order valence-electron chi connectivity index (χ3n) is 2.86. The summed E-state index contributed by atoms with van der Waals surface area (Å²) in [5.41, 5.74) is 2.72. The average molecular weight is 291 g/mol. The third-order valence-corrected chi connectivity index (χ3v) is 3.21. The third kappa shape index (κ3) is 4.00. The van der Waals surface area contributed by atoms with Crippen molar-refractivity contribution >= 4 is 17.6 Å². The molecule has 0 saturated heterocycles. The highest BCUT2D eigenvalue weighted by molar-refractivity contribution is 6.31. The SMILES string of the molecule is Cc1ccc(COc2cccc(CC(=O)O)c2)c(Cl)c1. The molecule has 2 rings (SSSR count). The molecule has 0 unspecified atom stereocenters. The van der Waals surface area contributed by atoms with Crippen LogP contribution in [0.4, 0.5) is 0 Å². The summed E-state index contributed by atoms with van der Waals surface area (Å²) in [6.45, 7) is 2.33. The summed E-state index contributed by atoms with van der Waals surface area (Å²) in [6.07, 6.45) is -0.0114. The molecular formula is C16H15ClO3. The molecule has 0 fully saturated rings. The van der Waals surface area contributed by atoms with Gasteiger partial charge in [0.2, 0.25) is 0 Å². The summed E-state index contributed by atoms with van der Waals surface area (Å²) in [5, 5.41) is 9.44. The molecule has 0 aliphatic heterocycles. The molecule has 2 aromatic carbocycles. The number of carboxylic acids is 1. The van der Waals surface area contributed by atoms with E-state index < -0.39 is 5.97 Å². The molecule has 0 bridgehead atoms. The van der Waals surface area contributed by atoms with Crippen molar-refractivity contribution in [2.75, 3.05) is 0 Å². The van der Waals surface area contributed by atoms with Gasteiger partial charge in [-0.3, -0.25) is 4.79 Å². The summed E-state index contributed by atoms with van der Waals surface area (Å²) in [7, 11) is 0. The van der Waals surface area contributed by atoms with Crippen LogP contribution in [0.25, 0.3) is 0 Å². The zero-order valence-electron chi connectivity index (χ0n) is 11.1. The van der Waals surface area contributed by atoms with E-state index in [1.54, 1.807) is 24.3 Å². The molecule has 104 valence electrons. The Morgan fingerprint density at radius 2 is 2.05 bits per heavy atom. The lowest BCUT2D eigenvalue weighted by molar-refractivity contribution is -0.136. The first-order valence-electron chi connectivity index (χ1n) is 6.23. The van der Waals surface area contributed by atoms with Crippen molar-refractivity contribution in [3.8, 4) is 5.75 Å². The molecule has 0 atom stereocenters. The quantitative estimate of drug-likeness (QED) is 0.909. The Morgan fingerprint density at radius 1 is 1.25 bits per heavy atom. The largest absolute Gasteiger partial charge is 0.489 e. The predicted octanol–water partition coefficient (Wildman–Crippen LogP) is 3.85. The minimum atomic E-state index is -0.858. The second-order valence-corrected chi connectivity index (χ2v) is 5.01. The molecule has 0 radical (unpaired) electrons. The van der Waals surface area contributed by atoms with Crippen LogP contribution >= 0.6 is 11.6 Å². The number of carboxylic acid groups (broad SMARTS) is 1. The van der Waals surface area contributed by atoms with Crippen molar-refractivity contribution in [3.05, 3.63) is 64.2 Å². The van der Waals surface area contributed by atoms with E-state index >= 15 is 0 Å². The number of hydrogen-bond donors (Lipinski definition) is 1. The molecule has 2 aromatic rings. The van der Waals surface area contributed by atoms with Crippen LogP contribution in [0.5, 0.6) is 5.75 Å². The first kappa shape index (κ1) is 14.4. The van der Waals surface area contributed by atoms with Crippen molar-refractivity contribution in [2.45, 2.75) is 20.0 Å². The van der Waals surface area contributed by atoms with Crippen molar-refractivity contribution in [1.29, 1.82) is 0 Å². The van der Waals surface area contributed by atoms with Gasteiger partial charge in [-0.15, -0.1) is 0 Å². The Balaban J connectivity index is 2.05. The van der Waals surface area contributed by atoms with E-state index in [2.05, 4.69) is 0 Å². The predicted molar refractivity (Wildman–Crippen MR) is 78.3 cm³/mol. The number of hydrogen-bond acceptors (Lipinski definition) is 2. The van der Waals surface area contributed by atoms with Gasteiger partial charge in [0.05, 0.1) is 6.42 Å². The van der Waals surface area contributed by atoms with Gasteiger partial charge in [0.25, 0.3) is 0 Å². The van der Waals surface area contributed by atoms with Crippen LogP contribution in [0.2, 0.25) is 5.02 Å². The number of benzene rings is 2. The fourth-order valence-corrected chi connectivity index (χ4v) is 2.14. The van der Waals surface area contributed by atoms with Crippen LogP contribution in [0.15, 0.2) is 42.5 Å². The Hall–Kier alpha value is -2.00. The molecule has 20 heavy (non-hydrogen) atoms. The van der Waals surface area contributed by atoms with Gasteiger partial charge in [0.1, 0.15) is 12.4 Å². The highest BCUT2D eigenvalue weighted by atomic mass is 35.5. The van der Waals surface area contributed by atoms with Crippen LogP contribution in [0.3, 0.4) is 0 Å². The minimum absolute atomic E-state index is 0.0114. The van der Waals surface area contributed by atoms with Crippen molar-refractivity contribution in [3.63, 3.8) is 0 Å². The lowest BCUT2D eigenvalue weighted by Gasteiger charge is -2.09. The van der Waals surface area contributed by atoms with Crippen LogP contribution in [0.1, 0.15) is 16.7 Å². The molecule has 0 spiro atoms. The number of carbonyl (C=O) groups is 1. The molecule has 1 N–H and O–H groups in total. The number of halogens is 1. The van der Waals surface area contributed by atoms with E-state index in [4.69, 9.17) is 21.4 Å². The van der Waals surface area contributed by atoms with Crippen molar-refractivity contribution in [1.82, 2.24) is 0 Å². The van der Waals surface area contributed by atoms with Crippen LogP contribution in [-0.4, -0.2) is 11.1 Å². The number of aliphatic carboxylic acids is 1. The molecule has 0 aromatic heterocycles. The normalized spacial score (nSPS) is 10.3. The fraction of sp³-hybridized carbons (Fsp3) is 0.188. The number of rotatable bonds is 5. The highest BCUT2D eigenvalue weighted by Crippen LogP contribution is 2.21. The van der Waals surface area contributed by atoms with Gasteiger partial charge >= 0.3 is 5.97 Å². The second-order valence-electron chi connectivity index (χ2n) is 4.60. The molecule has 4 heteroatoms. The van der Waals surface area contributed by atoms with E-state index in [0.717, 1.165) is 11.1 Å². The lowest BCUT2D eigenvalue weighted by Crippen LogP contribution is -2.01. The summed E-state index contributed by atoms with van der Waals surface area (Å²) in [4.78, 5) is 10.7. The maximum Gasteiger partial charge on any atom is 0.307 e. The van der Waals surface area contributed by atoms with Gasteiger partial charge in [0.15, 0.2) is 0 Å². The standard InChI is InChI=1S/C16H15ClO3/c1-11-5-6-13(15(17)7-11)10-20-14-4-2-3-12(8-14)9-16(18)19/h2-8H,9-10H2,1H3,(H,18,19). The Bertz CT molecular complexity index is 623. The highest BCUT2D eigenvalue weighted by Gasteiger charge is 2.04. The van der Waals surface area contributed by atoms with Crippen molar-refractivity contribution < 1.29 is 14.6 Å². The molecule has 0 saturated carbocycles. The number of ether oxygens (including phenoxy) is 1. The molecule has 0 heterocycles. The second kappa shape index (κ2) is 6.44. The van der Waals surface area contributed by atoms with Gasteiger partial charge in [0, 0.05) is 10.6 Å². The van der Waals surface area contributed by atoms with Gasteiger partial charge < -0.3 is 9.84 Å². The number of aryl methyl sites for hydroxylation is 1. The Morgan fingerprint density at radius 3 is 2.75 bits per heavy atom. The smallest absolute Gasteiger partial charge is 0.307 e. The molecule has 0 aliphatic carbocycles. The van der Waals surface area contributed by atoms with E-state index in [1.165, 1.54) is 0 Å². The summed E-state index contributed by atoms with van der Waals surface area (Å²) in [6, 6.07) is 12.9. The lowest BCUT2D eigenvalue weighted by atomic mass is 10.1. The Kier molecular flexibility index (Phi) is 4.64. The molecule has 3 nitrogen and oxygen atoms in total. The molecule has 0 aliphatic rings. The van der Waals surface area contributed by atoms with E-state index in [1.807, 2.05) is 25.1 Å². The topological polar surface area (TPSA) is 46.5 Å². The van der Waals surface area contributed by atoms with Gasteiger partial charge in [-0.2, -0.15) is 0 Å². The minimum Gasteiger partial charge on any atom is -0.489 e. The van der Waals surface area contributed by atoms with Crippen LogP contribution in [-0.2, 0) is 17.8 Å². The first-order valence-corrected chi connectivity index (χ1v) is 6.61. The summed E-state index contributed by atoms with van der Waals surface area (Å²) < 4.78 is 5.66. The Labute approximate surface area is 122 Å². The average Bonchev–Trinajstić information content (AvgIpc) is 2.37. The summed E-state index contributed by atoms with van der Waals surface area (Å²) in [5.74, 6) is -0.218. The maximum atomic E-state index is 10.7. The van der Waals surface area contributed by atoms with E-state index in [0.29, 0.717) is 22.9 Å².